The summed E-state index contributed by atoms with van der Waals surface area (Å²) in [6.07, 6.45) is 0. The quantitative estimate of drug-likeness (QED) is 0.826. The average molecular weight is 358 g/mol. The molecular weight excluding hydrogens is 346 g/mol. The van der Waals surface area contributed by atoms with Crippen LogP contribution in [0.2, 0.25) is 0 Å². The van der Waals surface area contributed by atoms with Crippen molar-refractivity contribution < 1.29 is 17.9 Å². The molecule has 23 heavy (non-hydrogen) atoms. The van der Waals surface area contributed by atoms with Gasteiger partial charge < -0.3 is 4.74 Å². The first kappa shape index (κ1) is 16.9. The van der Waals surface area contributed by atoms with Crippen LogP contribution in [0.1, 0.15) is 5.82 Å². The number of hydrogen-bond acceptors (Lipinski definition) is 7. The van der Waals surface area contributed by atoms with Crippen molar-refractivity contribution in [1.29, 1.82) is 0 Å². The number of amides is 2. The normalized spacial score (nSPS) is 10.9. The molecule has 9 nitrogen and oxygen atoms in total. The zero-order chi connectivity index (χ0) is 17.0. The van der Waals surface area contributed by atoms with Crippen molar-refractivity contribution in [3.63, 3.8) is 0 Å². The maximum atomic E-state index is 12.2. The van der Waals surface area contributed by atoms with Gasteiger partial charge in [-0.2, -0.15) is 23.4 Å². The second-order valence-electron chi connectivity index (χ2n) is 4.16. The summed E-state index contributed by atoms with van der Waals surface area (Å²) in [5, 5.41) is 2.17. The summed E-state index contributed by atoms with van der Waals surface area (Å²) in [4.78, 5) is 23.3. The summed E-state index contributed by atoms with van der Waals surface area (Å²) in [7, 11) is -2.86. The van der Waals surface area contributed by atoms with Gasteiger partial charge in [-0.05, 0) is 19.1 Å². The molecule has 0 bridgehead atoms. The van der Waals surface area contributed by atoms with Crippen molar-refractivity contribution in [2.24, 2.45) is 0 Å². The van der Waals surface area contributed by atoms with Crippen molar-refractivity contribution in [2.75, 3.05) is 12.4 Å². The monoisotopic (exact) mass is 357 g/mol. The molecule has 122 valence electrons. The minimum Gasteiger partial charge on any atom is -0.467 e. The van der Waals surface area contributed by atoms with E-state index in [-0.39, 0.29) is 26.5 Å². The Morgan fingerprint density at radius 3 is 2.48 bits per heavy atom. The van der Waals surface area contributed by atoms with E-state index in [9.17, 15) is 13.2 Å². The summed E-state index contributed by atoms with van der Waals surface area (Å²) in [5.74, 6) is 0.0902. The number of carbonyl (C=O) groups is 1. The Bertz CT molecular complexity index is 815. The highest BCUT2D eigenvalue weighted by atomic mass is 35.5. The molecule has 0 aliphatic rings. The highest BCUT2D eigenvalue weighted by Crippen LogP contribution is 2.18. The number of anilines is 1. The van der Waals surface area contributed by atoms with Gasteiger partial charge in [-0.1, -0.05) is 18.2 Å². The molecule has 0 fully saturated rings. The number of hydrogen-bond donors (Lipinski definition) is 1. The van der Waals surface area contributed by atoms with Gasteiger partial charge in [0.15, 0.2) is 0 Å². The topological polar surface area (TPSA) is 114 Å². The van der Waals surface area contributed by atoms with Crippen LogP contribution in [0.5, 0.6) is 6.01 Å². The summed E-state index contributed by atoms with van der Waals surface area (Å²) in [5.41, 5.74) is 0. The largest absolute Gasteiger partial charge is 0.467 e. The number of nitrogens with zero attached hydrogens (tertiary/aromatic N) is 4. The minimum atomic E-state index is -4.20. The van der Waals surface area contributed by atoms with Crippen molar-refractivity contribution in [3.8, 4) is 6.01 Å². The SMILES string of the molecule is COc1nc(C)nc(NC(=O)N(Cl)S(=O)(=O)c2ccccc2)n1. The Morgan fingerprint density at radius 1 is 1.22 bits per heavy atom. The molecule has 0 aliphatic heterocycles. The predicted octanol–water partition coefficient (Wildman–Crippen LogP) is 1.57. The molecule has 0 unspecified atom stereocenters. The number of benzene rings is 1. The fourth-order valence-corrected chi connectivity index (χ4v) is 2.77. The maximum Gasteiger partial charge on any atom is 0.353 e. The van der Waals surface area contributed by atoms with Crippen LogP contribution in [0.3, 0.4) is 0 Å². The fourth-order valence-electron chi connectivity index (χ4n) is 1.54. The lowest BCUT2D eigenvalue weighted by Crippen LogP contribution is -2.33. The second kappa shape index (κ2) is 6.75. The maximum absolute atomic E-state index is 12.2. The minimum absolute atomic E-state index is 0.0279. The number of aromatic nitrogens is 3. The van der Waals surface area contributed by atoms with E-state index >= 15 is 0 Å². The number of ether oxygens (including phenoxy) is 1. The number of sulfonamides is 1. The van der Waals surface area contributed by atoms with Crippen LogP contribution in [0.15, 0.2) is 35.2 Å². The Morgan fingerprint density at radius 2 is 1.87 bits per heavy atom. The summed E-state index contributed by atoms with van der Waals surface area (Å²) >= 11 is 5.65. The molecule has 0 saturated heterocycles. The van der Waals surface area contributed by atoms with Crippen LogP contribution in [0.25, 0.3) is 0 Å². The Hall–Kier alpha value is -2.46. The van der Waals surface area contributed by atoms with Crippen molar-refractivity contribution in [2.45, 2.75) is 11.8 Å². The van der Waals surface area contributed by atoms with Gasteiger partial charge in [0.25, 0.3) is 10.0 Å². The first-order valence-electron chi connectivity index (χ1n) is 6.18. The van der Waals surface area contributed by atoms with Gasteiger partial charge in [0.05, 0.1) is 12.0 Å². The molecule has 11 heteroatoms. The molecule has 2 amide bonds. The smallest absolute Gasteiger partial charge is 0.353 e. The van der Waals surface area contributed by atoms with E-state index in [1.165, 1.54) is 31.4 Å². The lowest BCUT2D eigenvalue weighted by molar-refractivity contribution is 0.247. The molecule has 0 atom stereocenters. The molecule has 2 aromatic rings. The highest BCUT2D eigenvalue weighted by Gasteiger charge is 2.28. The second-order valence-corrected chi connectivity index (χ2v) is 6.48. The number of urea groups is 1. The van der Waals surface area contributed by atoms with Gasteiger partial charge in [0, 0.05) is 11.8 Å². The third-order valence-electron chi connectivity index (χ3n) is 2.54. The van der Waals surface area contributed by atoms with Crippen molar-refractivity contribution in [1.82, 2.24) is 18.8 Å². The fraction of sp³-hybridized carbons (Fsp3) is 0.167. The summed E-state index contributed by atoms with van der Waals surface area (Å²) < 4.78 is 29.3. The molecule has 0 aliphatic carbocycles. The van der Waals surface area contributed by atoms with Gasteiger partial charge in [-0.15, -0.1) is 3.82 Å². The van der Waals surface area contributed by atoms with E-state index in [1.54, 1.807) is 13.0 Å². The third-order valence-corrected chi connectivity index (χ3v) is 4.69. The molecule has 1 aromatic carbocycles. The predicted molar refractivity (Wildman–Crippen MR) is 81.5 cm³/mol. The zero-order valence-electron chi connectivity index (χ0n) is 12.1. The van der Waals surface area contributed by atoms with Gasteiger partial charge >= 0.3 is 12.0 Å². The standard InChI is InChI=1S/C12H12ClN5O4S/c1-8-14-10(16-11(15-8)22-2)17-12(19)18(13)23(20,21)9-6-4-3-5-7-9/h3-7H,1-2H3,(H,14,15,16,17,19). The van der Waals surface area contributed by atoms with E-state index in [0.717, 1.165) is 0 Å². The lowest BCUT2D eigenvalue weighted by Gasteiger charge is -2.14. The van der Waals surface area contributed by atoms with Crippen molar-refractivity contribution >= 4 is 33.8 Å². The summed E-state index contributed by atoms with van der Waals surface area (Å²) in [6, 6.07) is 6.12. The van der Waals surface area contributed by atoms with Crippen LogP contribution >= 0.6 is 11.8 Å². The lowest BCUT2D eigenvalue weighted by atomic mass is 10.4. The van der Waals surface area contributed by atoms with Gasteiger partial charge in [0.2, 0.25) is 5.95 Å². The molecular formula is C12H12ClN5O4S. The number of rotatable bonds is 4. The van der Waals surface area contributed by atoms with E-state index in [4.69, 9.17) is 16.5 Å². The molecule has 0 saturated carbocycles. The van der Waals surface area contributed by atoms with Gasteiger partial charge in [0.1, 0.15) is 5.82 Å². The first-order valence-corrected chi connectivity index (χ1v) is 7.96. The van der Waals surface area contributed by atoms with Crippen LogP contribution < -0.4 is 10.1 Å². The Labute approximate surface area is 137 Å². The Balaban J connectivity index is 2.22. The summed E-state index contributed by atoms with van der Waals surface area (Å²) in [6.45, 7) is 1.55. The molecule has 1 heterocycles. The average Bonchev–Trinajstić information content (AvgIpc) is 2.54. The van der Waals surface area contributed by atoms with Crippen LogP contribution in [0.4, 0.5) is 10.7 Å². The van der Waals surface area contributed by atoms with Crippen LogP contribution in [0, 0.1) is 6.92 Å². The van der Waals surface area contributed by atoms with E-state index in [1.807, 2.05) is 0 Å². The van der Waals surface area contributed by atoms with Crippen LogP contribution in [-0.2, 0) is 10.0 Å². The van der Waals surface area contributed by atoms with Crippen molar-refractivity contribution in [3.05, 3.63) is 36.2 Å². The molecule has 2 rings (SSSR count). The number of methoxy groups -OCH3 is 1. The van der Waals surface area contributed by atoms with E-state index in [0.29, 0.717) is 0 Å². The number of halogens is 1. The molecule has 0 radical (unpaired) electrons. The number of aryl methyl sites for hydroxylation is 1. The zero-order valence-corrected chi connectivity index (χ0v) is 13.7. The third kappa shape index (κ3) is 3.85. The van der Waals surface area contributed by atoms with E-state index in [2.05, 4.69) is 20.3 Å². The first-order chi connectivity index (χ1) is 10.8. The number of nitrogens with one attached hydrogen (secondary N) is 1. The number of carbonyl (C=O) groups excluding carboxylic acids is 1. The molecule has 1 aromatic heterocycles. The van der Waals surface area contributed by atoms with Gasteiger partial charge in [-0.25, -0.2) is 4.79 Å². The van der Waals surface area contributed by atoms with Crippen LogP contribution in [-0.4, -0.2) is 40.3 Å². The van der Waals surface area contributed by atoms with Gasteiger partial charge in [-0.3, -0.25) is 5.32 Å². The highest BCUT2D eigenvalue weighted by molar-refractivity contribution is 7.90. The Kier molecular flexibility index (Phi) is 4.96. The van der Waals surface area contributed by atoms with E-state index < -0.39 is 16.1 Å². The molecule has 1 N–H and O–H groups in total. The molecule has 0 spiro atoms.